The predicted molar refractivity (Wildman–Crippen MR) is 110 cm³/mol. The molecule has 1 aliphatic heterocycles. The molecule has 1 aromatic carbocycles. The van der Waals surface area contributed by atoms with Crippen LogP contribution < -0.4 is 11.1 Å². The van der Waals surface area contributed by atoms with Gasteiger partial charge in [-0.2, -0.15) is 0 Å². The molecular weight excluding hydrogens is 346 g/mol. The van der Waals surface area contributed by atoms with Crippen LogP contribution in [0.2, 0.25) is 0 Å². The van der Waals surface area contributed by atoms with Crippen LogP contribution in [-0.4, -0.2) is 43.5 Å². The van der Waals surface area contributed by atoms with Crippen molar-refractivity contribution in [1.29, 1.82) is 0 Å². The number of likely N-dealkylation sites (tertiary alicyclic amines) is 1. The van der Waals surface area contributed by atoms with Crippen molar-refractivity contribution in [2.24, 2.45) is 17.6 Å². The molecule has 1 saturated heterocycles. The van der Waals surface area contributed by atoms with Crippen LogP contribution in [0.25, 0.3) is 0 Å². The number of rotatable bonds is 7. The van der Waals surface area contributed by atoms with Crippen LogP contribution in [0.15, 0.2) is 30.3 Å². The van der Waals surface area contributed by atoms with Gasteiger partial charge in [-0.05, 0) is 30.4 Å². The van der Waals surface area contributed by atoms with E-state index in [1.165, 1.54) is 37.7 Å². The molecule has 26 heavy (non-hydrogen) atoms. The van der Waals surface area contributed by atoms with Gasteiger partial charge in [0.2, 0.25) is 5.91 Å². The lowest BCUT2D eigenvalue weighted by Crippen LogP contribution is -2.37. The Morgan fingerprint density at radius 2 is 1.85 bits per heavy atom. The third kappa shape index (κ3) is 5.97. The summed E-state index contributed by atoms with van der Waals surface area (Å²) >= 11 is 0. The monoisotopic (exact) mass is 379 g/mol. The molecule has 1 aliphatic carbocycles. The lowest BCUT2D eigenvalue weighted by molar-refractivity contribution is -0.122. The van der Waals surface area contributed by atoms with Crippen LogP contribution in [0.4, 0.5) is 0 Å². The van der Waals surface area contributed by atoms with Gasteiger partial charge in [-0.15, -0.1) is 12.4 Å². The maximum atomic E-state index is 12.3. The van der Waals surface area contributed by atoms with Crippen LogP contribution in [0.1, 0.15) is 50.0 Å². The summed E-state index contributed by atoms with van der Waals surface area (Å²) in [5, 5.41) is 3.13. The molecule has 1 heterocycles. The SMILES string of the molecule is Cl.NC[C@@H]1CN(CC(=O)NCCC2CCCCC2)C[C@H]1c1ccccc1. The minimum Gasteiger partial charge on any atom is -0.355 e. The summed E-state index contributed by atoms with van der Waals surface area (Å²) in [6, 6.07) is 10.6. The molecule has 0 aromatic heterocycles. The second-order valence-corrected chi connectivity index (χ2v) is 7.85. The van der Waals surface area contributed by atoms with Crippen molar-refractivity contribution in [3.05, 3.63) is 35.9 Å². The maximum absolute atomic E-state index is 12.3. The fourth-order valence-corrected chi connectivity index (χ4v) is 4.56. The average Bonchev–Trinajstić information content (AvgIpc) is 3.06. The molecule has 2 aliphatic rings. The fourth-order valence-electron chi connectivity index (χ4n) is 4.56. The molecule has 3 rings (SSSR count). The number of hydrogen-bond acceptors (Lipinski definition) is 3. The average molecular weight is 380 g/mol. The zero-order chi connectivity index (χ0) is 17.5. The van der Waals surface area contributed by atoms with Gasteiger partial charge in [-0.25, -0.2) is 0 Å². The minimum absolute atomic E-state index is 0. The fraction of sp³-hybridized carbons (Fsp3) is 0.667. The van der Waals surface area contributed by atoms with Crippen LogP contribution in [-0.2, 0) is 4.79 Å². The van der Waals surface area contributed by atoms with Crippen LogP contribution in [0.3, 0.4) is 0 Å². The summed E-state index contributed by atoms with van der Waals surface area (Å²) in [6.45, 7) is 3.87. The minimum atomic E-state index is 0. The van der Waals surface area contributed by atoms with Gasteiger partial charge in [-0.3, -0.25) is 9.69 Å². The first-order chi connectivity index (χ1) is 12.3. The van der Waals surface area contributed by atoms with E-state index in [9.17, 15) is 4.79 Å². The largest absolute Gasteiger partial charge is 0.355 e. The lowest BCUT2D eigenvalue weighted by Gasteiger charge is -2.22. The molecule has 2 atom stereocenters. The zero-order valence-corrected chi connectivity index (χ0v) is 16.6. The lowest BCUT2D eigenvalue weighted by atomic mass is 9.87. The first kappa shape index (κ1) is 21.2. The highest BCUT2D eigenvalue weighted by molar-refractivity contribution is 5.85. The van der Waals surface area contributed by atoms with Crippen LogP contribution >= 0.6 is 12.4 Å². The van der Waals surface area contributed by atoms with E-state index in [1.54, 1.807) is 0 Å². The molecule has 0 spiro atoms. The number of halogens is 1. The van der Waals surface area contributed by atoms with Crippen molar-refractivity contribution in [1.82, 2.24) is 10.2 Å². The van der Waals surface area contributed by atoms with Gasteiger partial charge in [0, 0.05) is 25.6 Å². The first-order valence-corrected chi connectivity index (χ1v) is 10.0. The molecule has 0 unspecified atom stereocenters. The topological polar surface area (TPSA) is 58.4 Å². The number of nitrogens with one attached hydrogen (secondary N) is 1. The van der Waals surface area contributed by atoms with E-state index in [4.69, 9.17) is 5.73 Å². The number of nitrogens with zero attached hydrogens (tertiary/aromatic N) is 1. The molecule has 2 fully saturated rings. The van der Waals surface area contributed by atoms with Crippen molar-refractivity contribution in [3.63, 3.8) is 0 Å². The number of amides is 1. The van der Waals surface area contributed by atoms with Gasteiger partial charge in [-0.1, -0.05) is 62.4 Å². The van der Waals surface area contributed by atoms with Crippen molar-refractivity contribution in [2.45, 2.75) is 44.4 Å². The Hall–Kier alpha value is -1.10. The smallest absolute Gasteiger partial charge is 0.234 e. The quantitative estimate of drug-likeness (QED) is 0.765. The summed E-state index contributed by atoms with van der Waals surface area (Å²) in [4.78, 5) is 14.6. The molecule has 1 aromatic rings. The summed E-state index contributed by atoms with van der Waals surface area (Å²) < 4.78 is 0. The van der Waals surface area contributed by atoms with E-state index in [-0.39, 0.29) is 18.3 Å². The van der Waals surface area contributed by atoms with Gasteiger partial charge in [0.15, 0.2) is 0 Å². The Bertz CT molecular complexity index is 533. The number of benzene rings is 1. The van der Waals surface area contributed by atoms with Crippen molar-refractivity contribution in [2.75, 3.05) is 32.7 Å². The zero-order valence-electron chi connectivity index (χ0n) is 15.7. The van der Waals surface area contributed by atoms with E-state index < -0.39 is 0 Å². The number of carbonyl (C=O) groups is 1. The second kappa shape index (κ2) is 10.9. The molecule has 1 amide bonds. The van der Waals surface area contributed by atoms with Crippen molar-refractivity contribution in [3.8, 4) is 0 Å². The van der Waals surface area contributed by atoms with Crippen LogP contribution in [0.5, 0.6) is 0 Å². The van der Waals surface area contributed by atoms with Crippen molar-refractivity contribution < 1.29 is 4.79 Å². The highest BCUT2D eigenvalue weighted by Crippen LogP contribution is 2.31. The number of hydrogen-bond donors (Lipinski definition) is 2. The van der Waals surface area contributed by atoms with Gasteiger partial charge >= 0.3 is 0 Å². The van der Waals surface area contributed by atoms with E-state index in [0.29, 0.717) is 24.9 Å². The molecular formula is C21H34ClN3O. The van der Waals surface area contributed by atoms with E-state index >= 15 is 0 Å². The highest BCUT2D eigenvalue weighted by Gasteiger charge is 2.33. The third-order valence-corrected chi connectivity index (χ3v) is 6.01. The summed E-state index contributed by atoms with van der Waals surface area (Å²) in [6.07, 6.45) is 7.96. The van der Waals surface area contributed by atoms with Gasteiger partial charge in [0.25, 0.3) is 0 Å². The number of nitrogens with two attached hydrogens (primary N) is 1. The van der Waals surface area contributed by atoms with Crippen molar-refractivity contribution >= 4 is 18.3 Å². The molecule has 1 saturated carbocycles. The molecule has 3 N–H and O–H groups in total. The number of carbonyl (C=O) groups excluding carboxylic acids is 1. The van der Waals surface area contributed by atoms with E-state index in [0.717, 1.165) is 32.0 Å². The Morgan fingerprint density at radius 1 is 1.12 bits per heavy atom. The Labute approximate surface area is 164 Å². The Kier molecular flexibility index (Phi) is 8.89. The van der Waals surface area contributed by atoms with E-state index in [1.807, 2.05) is 6.07 Å². The molecule has 0 bridgehead atoms. The summed E-state index contributed by atoms with van der Waals surface area (Å²) in [5.41, 5.74) is 7.34. The first-order valence-electron chi connectivity index (χ1n) is 10.0. The normalized spacial score (nSPS) is 24.2. The summed E-state index contributed by atoms with van der Waals surface area (Å²) in [7, 11) is 0. The van der Waals surface area contributed by atoms with Crippen LogP contribution in [0, 0.1) is 11.8 Å². The van der Waals surface area contributed by atoms with E-state index in [2.05, 4.69) is 34.5 Å². The third-order valence-electron chi connectivity index (χ3n) is 6.01. The van der Waals surface area contributed by atoms with Gasteiger partial charge in [0.1, 0.15) is 0 Å². The standard InChI is InChI=1S/C21H33N3O.ClH/c22-13-19-14-24(15-20(19)18-9-5-2-6-10-18)16-21(25)23-12-11-17-7-3-1-4-8-17;/h2,5-6,9-10,17,19-20H,1,3-4,7-8,11-16,22H2,(H,23,25);1H/t19-,20+;/m1./s1. The Morgan fingerprint density at radius 3 is 2.54 bits per heavy atom. The van der Waals surface area contributed by atoms with Gasteiger partial charge in [0.05, 0.1) is 6.54 Å². The second-order valence-electron chi connectivity index (χ2n) is 7.85. The Balaban J connectivity index is 0.00000243. The molecule has 5 heteroatoms. The highest BCUT2D eigenvalue weighted by atomic mass is 35.5. The van der Waals surface area contributed by atoms with Gasteiger partial charge < -0.3 is 11.1 Å². The predicted octanol–water partition coefficient (Wildman–Crippen LogP) is 3.17. The maximum Gasteiger partial charge on any atom is 0.234 e. The summed E-state index contributed by atoms with van der Waals surface area (Å²) in [5.74, 6) is 1.88. The molecule has 0 radical (unpaired) electrons. The molecule has 146 valence electrons. The molecule has 4 nitrogen and oxygen atoms in total.